The lowest BCUT2D eigenvalue weighted by molar-refractivity contribution is -0.150. The number of carbonyl (C=O) groups excluding carboxylic acids is 3. The van der Waals surface area contributed by atoms with Crippen molar-refractivity contribution in [2.24, 2.45) is 0 Å². The van der Waals surface area contributed by atoms with Gasteiger partial charge in [-0.25, -0.2) is 4.79 Å². The smallest absolute Gasteiger partial charge is 0.352 e. The van der Waals surface area contributed by atoms with Gasteiger partial charge in [0.2, 0.25) is 5.91 Å². The van der Waals surface area contributed by atoms with Crippen LogP contribution in [0.15, 0.2) is 11.3 Å². The van der Waals surface area contributed by atoms with E-state index in [0.717, 1.165) is 4.90 Å². The Balaban J connectivity index is 2.18. The highest BCUT2D eigenvalue weighted by atomic mass is 79.9. The highest BCUT2D eigenvalue weighted by Crippen LogP contribution is 2.40. The first kappa shape index (κ1) is 18.3. The van der Waals surface area contributed by atoms with Gasteiger partial charge < -0.3 is 15.2 Å². The molecule has 23 heavy (non-hydrogen) atoms. The SMILES string of the molecule is CC(=O)OCC1=C(C(=O)O)N2C(=O)C(NC(=O)C(Br)Br)C2SC1. The Labute approximate surface area is 152 Å². The summed E-state index contributed by atoms with van der Waals surface area (Å²) < 4.78 is 4.19. The van der Waals surface area contributed by atoms with Crippen LogP contribution in [-0.4, -0.2) is 61.3 Å². The van der Waals surface area contributed by atoms with E-state index in [0.29, 0.717) is 11.3 Å². The molecule has 0 bridgehead atoms. The highest BCUT2D eigenvalue weighted by molar-refractivity contribution is 9.25. The molecule has 2 unspecified atom stereocenters. The molecule has 0 aliphatic carbocycles. The topological polar surface area (TPSA) is 113 Å². The molecule has 0 radical (unpaired) electrons. The van der Waals surface area contributed by atoms with Gasteiger partial charge in [0.15, 0.2) is 0 Å². The summed E-state index contributed by atoms with van der Waals surface area (Å²) >= 11 is 7.37. The molecule has 2 aliphatic rings. The molecule has 2 aliphatic heterocycles. The fraction of sp³-hybridized carbons (Fsp3) is 0.500. The van der Waals surface area contributed by atoms with Crippen LogP contribution in [0.5, 0.6) is 0 Å². The van der Waals surface area contributed by atoms with E-state index in [1.54, 1.807) is 0 Å². The van der Waals surface area contributed by atoms with Crippen molar-refractivity contribution >= 4 is 67.4 Å². The number of β-lactam (4-membered cyclic amide) rings is 1. The van der Waals surface area contributed by atoms with E-state index in [-0.39, 0.29) is 12.3 Å². The number of hydrogen-bond donors (Lipinski definition) is 2. The lowest BCUT2D eigenvalue weighted by Gasteiger charge is -2.49. The van der Waals surface area contributed by atoms with E-state index in [9.17, 15) is 24.3 Å². The molecular weight excluding hydrogens is 460 g/mol. The van der Waals surface area contributed by atoms with Crippen LogP contribution in [0.4, 0.5) is 0 Å². The highest BCUT2D eigenvalue weighted by Gasteiger charge is 2.54. The van der Waals surface area contributed by atoms with E-state index in [1.165, 1.54) is 18.7 Å². The molecule has 2 atom stereocenters. The molecule has 2 heterocycles. The van der Waals surface area contributed by atoms with Gasteiger partial charge in [-0.1, -0.05) is 31.9 Å². The predicted molar refractivity (Wildman–Crippen MR) is 88.0 cm³/mol. The Morgan fingerprint density at radius 2 is 2.13 bits per heavy atom. The number of fused-ring (bicyclic) bond motifs is 1. The number of carboxylic acids is 1. The average molecular weight is 472 g/mol. The molecule has 8 nitrogen and oxygen atoms in total. The number of rotatable bonds is 5. The number of esters is 1. The summed E-state index contributed by atoms with van der Waals surface area (Å²) in [6, 6.07) is -0.783. The van der Waals surface area contributed by atoms with Gasteiger partial charge in [-0.2, -0.15) is 0 Å². The van der Waals surface area contributed by atoms with Gasteiger partial charge in [0.25, 0.3) is 5.91 Å². The van der Waals surface area contributed by atoms with Gasteiger partial charge in [0.1, 0.15) is 27.5 Å². The van der Waals surface area contributed by atoms with Crippen molar-refractivity contribution < 1.29 is 29.0 Å². The lowest BCUT2D eigenvalue weighted by atomic mass is 10.0. The van der Waals surface area contributed by atoms with E-state index in [4.69, 9.17) is 4.74 Å². The molecule has 0 aromatic heterocycles. The normalized spacial score (nSPS) is 23.3. The van der Waals surface area contributed by atoms with Crippen LogP contribution >= 0.6 is 43.6 Å². The molecule has 2 amide bonds. The number of nitrogens with one attached hydrogen (secondary N) is 1. The third kappa shape index (κ3) is 3.72. The number of nitrogens with zero attached hydrogens (tertiary/aromatic N) is 1. The molecule has 0 spiro atoms. The number of alkyl halides is 2. The third-order valence-electron chi connectivity index (χ3n) is 3.20. The van der Waals surface area contributed by atoms with Crippen molar-refractivity contribution in [2.45, 2.75) is 22.1 Å². The number of amides is 2. The van der Waals surface area contributed by atoms with E-state index in [1.807, 2.05) is 0 Å². The summed E-state index contributed by atoms with van der Waals surface area (Å²) in [5.41, 5.74) is 0.172. The third-order valence-corrected chi connectivity index (χ3v) is 5.37. The summed E-state index contributed by atoms with van der Waals surface area (Å²) in [5.74, 6) is -2.43. The zero-order valence-electron chi connectivity index (χ0n) is 11.7. The van der Waals surface area contributed by atoms with Crippen LogP contribution in [0, 0.1) is 0 Å². The maximum atomic E-state index is 12.2. The number of hydrogen-bond acceptors (Lipinski definition) is 6. The first-order valence-corrected chi connectivity index (χ1v) is 9.24. The second kappa shape index (κ2) is 7.22. The standard InChI is InChI=1S/C12H12Br2N2O6S/c1-4(17)22-2-5-3-23-11-6(15-9(18)8(13)14)10(19)16(11)7(5)12(20)21/h6,8,11H,2-3H2,1H3,(H,15,18)(H,20,21). The maximum Gasteiger partial charge on any atom is 0.352 e. The fourth-order valence-corrected chi connectivity index (χ4v) is 3.79. The van der Waals surface area contributed by atoms with Gasteiger partial charge in [-0.15, -0.1) is 11.8 Å². The summed E-state index contributed by atoms with van der Waals surface area (Å²) in [6.45, 7) is 1.04. The molecule has 0 saturated carbocycles. The van der Waals surface area contributed by atoms with Crippen LogP contribution in [-0.2, 0) is 23.9 Å². The van der Waals surface area contributed by atoms with E-state index in [2.05, 4.69) is 37.2 Å². The van der Waals surface area contributed by atoms with Crippen molar-refractivity contribution in [1.82, 2.24) is 10.2 Å². The quantitative estimate of drug-likeness (QED) is 0.339. The van der Waals surface area contributed by atoms with Crippen molar-refractivity contribution in [1.29, 1.82) is 0 Å². The maximum absolute atomic E-state index is 12.2. The zero-order chi connectivity index (χ0) is 17.3. The molecule has 126 valence electrons. The number of carbonyl (C=O) groups is 4. The van der Waals surface area contributed by atoms with Gasteiger partial charge in [0.05, 0.1) is 0 Å². The summed E-state index contributed by atoms with van der Waals surface area (Å²) in [6.07, 6.45) is 0. The van der Waals surface area contributed by atoms with E-state index < -0.39 is 38.9 Å². The van der Waals surface area contributed by atoms with Crippen molar-refractivity contribution in [3.8, 4) is 0 Å². The first-order chi connectivity index (χ1) is 10.7. The van der Waals surface area contributed by atoms with Crippen molar-refractivity contribution in [2.75, 3.05) is 12.4 Å². The van der Waals surface area contributed by atoms with Gasteiger partial charge >= 0.3 is 11.9 Å². The molecule has 1 saturated heterocycles. The lowest BCUT2D eigenvalue weighted by Crippen LogP contribution is -2.71. The van der Waals surface area contributed by atoms with E-state index >= 15 is 0 Å². The van der Waals surface area contributed by atoms with Crippen LogP contribution in [0.1, 0.15) is 6.92 Å². The minimum absolute atomic E-state index is 0.178. The molecular formula is C12H12Br2N2O6S. The first-order valence-electron chi connectivity index (χ1n) is 6.36. The van der Waals surface area contributed by atoms with Crippen LogP contribution in [0.3, 0.4) is 0 Å². The summed E-state index contributed by atoms with van der Waals surface area (Å²) in [4.78, 5) is 47.4. The molecule has 1 fully saturated rings. The van der Waals surface area contributed by atoms with Gasteiger partial charge in [-0.3, -0.25) is 19.3 Å². The number of carboxylic acid groups (broad SMARTS) is 1. The van der Waals surface area contributed by atoms with Crippen LogP contribution in [0.2, 0.25) is 0 Å². The van der Waals surface area contributed by atoms with Crippen LogP contribution in [0.25, 0.3) is 0 Å². The number of aliphatic carboxylic acids is 1. The minimum Gasteiger partial charge on any atom is -0.477 e. The molecule has 11 heteroatoms. The minimum atomic E-state index is -1.27. The summed E-state index contributed by atoms with van der Waals surface area (Å²) in [5, 5.41) is 11.4. The number of ether oxygens (including phenoxy) is 1. The van der Waals surface area contributed by atoms with Gasteiger partial charge in [-0.05, 0) is 0 Å². The number of halogens is 2. The fourth-order valence-electron chi connectivity index (χ4n) is 2.20. The predicted octanol–water partition coefficient (Wildman–Crippen LogP) is 0.404. The summed E-state index contributed by atoms with van der Waals surface area (Å²) in [7, 11) is 0. The monoisotopic (exact) mass is 470 g/mol. The molecule has 0 aromatic carbocycles. The van der Waals surface area contributed by atoms with Crippen LogP contribution < -0.4 is 5.32 Å². The Morgan fingerprint density at radius 1 is 1.48 bits per heavy atom. The Morgan fingerprint density at radius 3 is 2.65 bits per heavy atom. The number of thioether (sulfide) groups is 1. The molecule has 2 rings (SSSR count). The van der Waals surface area contributed by atoms with Gasteiger partial charge in [0, 0.05) is 18.2 Å². The Kier molecular flexibility index (Phi) is 5.74. The van der Waals surface area contributed by atoms with Crippen molar-refractivity contribution in [3.05, 3.63) is 11.3 Å². The van der Waals surface area contributed by atoms with Crippen molar-refractivity contribution in [3.63, 3.8) is 0 Å². The second-order valence-corrected chi connectivity index (χ2v) is 8.90. The average Bonchev–Trinajstić information content (AvgIpc) is 2.48. The zero-order valence-corrected chi connectivity index (χ0v) is 15.7. The molecule has 0 aromatic rings. The molecule has 2 N–H and O–H groups in total. The second-order valence-electron chi connectivity index (χ2n) is 4.73. The Bertz CT molecular complexity index is 608. The largest absolute Gasteiger partial charge is 0.477 e. The Hall–Kier alpha value is -1.07.